The molecule has 0 fully saturated rings. The third-order valence-electron chi connectivity index (χ3n) is 5.85. The van der Waals surface area contributed by atoms with Gasteiger partial charge in [0.05, 0.1) is 20.5 Å². The van der Waals surface area contributed by atoms with Crippen molar-refractivity contribution in [3.63, 3.8) is 0 Å². The second-order valence-electron chi connectivity index (χ2n) is 7.71. The van der Waals surface area contributed by atoms with E-state index in [2.05, 4.69) is 25.3 Å². The first-order chi connectivity index (χ1) is 16.6. The lowest BCUT2D eigenvalue weighted by Gasteiger charge is -2.37. The average Bonchev–Trinajstić information content (AvgIpc) is 3.37. The van der Waals surface area contributed by atoms with Crippen LogP contribution in [-0.2, 0) is 5.54 Å². The first-order valence-corrected chi connectivity index (χ1v) is 10.7. The molecule has 0 spiro atoms. The Hall–Kier alpha value is -4.59. The topological polar surface area (TPSA) is 105 Å². The van der Waals surface area contributed by atoms with Crippen LogP contribution < -0.4 is 20.3 Å². The van der Waals surface area contributed by atoms with Gasteiger partial charge in [0.2, 0.25) is 5.95 Å². The number of rotatable bonds is 7. The van der Waals surface area contributed by atoms with Crippen LogP contribution in [0.25, 0.3) is 11.2 Å². The molecule has 3 aromatic carbocycles. The van der Waals surface area contributed by atoms with Crippen LogP contribution in [0.5, 0.6) is 11.5 Å². The molecule has 0 bridgehead atoms. The summed E-state index contributed by atoms with van der Waals surface area (Å²) in [7, 11) is 3.27. The number of H-pyrrole nitrogens is 2. The van der Waals surface area contributed by atoms with Gasteiger partial charge in [0.25, 0.3) is 5.56 Å². The zero-order valence-corrected chi connectivity index (χ0v) is 18.7. The second kappa shape index (κ2) is 8.74. The number of fused-ring (bicyclic) bond motifs is 1. The highest BCUT2D eigenvalue weighted by molar-refractivity contribution is 5.70. The summed E-state index contributed by atoms with van der Waals surface area (Å²) in [4.78, 5) is 27.1. The molecule has 0 aliphatic heterocycles. The summed E-state index contributed by atoms with van der Waals surface area (Å²) in [5.41, 5.74) is 2.25. The molecule has 0 saturated carbocycles. The number of imidazole rings is 1. The van der Waals surface area contributed by atoms with Gasteiger partial charge in [0.1, 0.15) is 17.0 Å². The predicted octanol–water partition coefficient (Wildman–Crippen LogP) is 4.07. The lowest BCUT2D eigenvalue weighted by molar-refractivity contribution is 0.414. The monoisotopic (exact) mass is 453 g/mol. The van der Waals surface area contributed by atoms with Crippen molar-refractivity contribution in [3.8, 4) is 11.5 Å². The molecule has 8 nitrogen and oxygen atoms in total. The van der Waals surface area contributed by atoms with Gasteiger partial charge in [-0.15, -0.1) is 0 Å². The van der Waals surface area contributed by atoms with Crippen LogP contribution in [0.3, 0.4) is 0 Å². The Morgan fingerprint density at radius 2 is 1.35 bits per heavy atom. The number of benzene rings is 3. The van der Waals surface area contributed by atoms with E-state index >= 15 is 0 Å². The van der Waals surface area contributed by atoms with Gasteiger partial charge in [-0.05, 0) is 41.0 Å². The summed E-state index contributed by atoms with van der Waals surface area (Å²) in [6.07, 6.45) is 1.45. The molecule has 5 aromatic rings. The highest BCUT2D eigenvalue weighted by Gasteiger charge is 2.37. The second-order valence-corrected chi connectivity index (χ2v) is 7.71. The molecule has 5 rings (SSSR count). The van der Waals surface area contributed by atoms with Crippen molar-refractivity contribution in [2.24, 2.45) is 0 Å². The number of ether oxygens (including phenoxy) is 2. The van der Waals surface area contributed by atoms with E-state index in [1.165, 1.54) is 6.33 Å². The maximum absolute atomic E-state index is 12.7. The van der Waals surface area contributed by atoms with E-state index in [4.69, 9.17) is 9.47 Å². The van der Waals surface area contributed by atoms with E-state index in [9.17, 15) is 4.79 Å². The number of nitrogens with zero attached hydrogens (tertiary/aromatic N) is 2. The van der Waals surface area contributed by atoms with Crippen molar-refractivity contribution >= 4 is 17.1 Å². The number of hydrogen-bond acceptors (Lipinski definition) is 6. The highest BCUT2D eigenvalue weighted by Crippen LogP contribution is 2.40. The molecule has 0 amide bonds. The number of anilines is 1. The van der Waals surface area contributed by atoms with Gasteiger partial charge in [0, 0.05) is 0 Å². The fourth-order valence-electron chi connectivity index (χ4n) is 4.17. The van der Waals surface area contributed by atoms with Gasteiger partial charge in [0.15, 0.2) is 11.2 Å². The van der Waals surface area contributed by atoms with Gasteiger partial charge in [-0.3, -0.25) is 9.78 Å². The molecule has 0 saturated heterocycles. The van der Waals surface area contributed by atoms with Crippen LogP contribution in [0, 0.1) is 0 Å². The molecule has 0 atom stereocenters. The van der Waals surface area contributed by atoms with E-state index in [0.29, 0.717) is 17.1 Å². The zero-order chi connectivity index (χ0) is 23.5. The van der Waals surface area contributed by atoms with E-state index in [1.807, 2.05) is 78.9 Å². The van der Waals surface area contributed by atoms with Gasteiger partial charge in [-0.2, -0.15) is 4.98 Å². The van der Waals surface area contributed by atoms with Crippen molar-refractivity contribution in [1.82, 2.24) is 19.9 Å². The van der Waals surface area contributed by atoms with Crippen molar-refractivity contribution < 1.29 is 9.47 Å². The molecule has 34 heavy (non-hydrogen) atoms. The Labute approximate surface area is 195 Å². The fourth-order valence-corrected chi connectivity index (χ4v) is 4.17. The zero-order valence-electron chi connectivity index (χ0n) is 18.7. The summed E-state index contributed by atoms with van der Waals surface area (Å²) in [6, 6.07) is 25.6. The number of nitrogens with one attached hydrogen (secondary N) is 3. The first-order valence-electron chi connectivity index (χ1n) is 10.7. The minimum absolute atomic E-state index is 0.292. The number of methoxy groups -OCH3 is 2. The normalized spacial score (nSPS) is 11.4. The SMILES string of the molecule is COc1ccc(C(Nc2nc3nc[nH]c3c(=O)[nH]2)(c2ccccc2)c2ccc(OC)cc2)cc1. The van der Waals surface area contributed by atoms with Gasteiger partial charge >= 0.3 is 0 Å². The third-order valence-corrected chi connectivity index (χ3v) is 5.85. The predicted molar refractivity (Wildman–Crippen MR) is 130 cm³/mol. The van der Waals surface area contributed by atoms with E-state index in [-0.39, 0.29) is 5.56 Å². The number of aromatic nitrogens is 4. The quantitative estimate of drug-likeness (QED) is 0.321. The van der Waals surface area contributed by atoms with Crippen molar-refractivity contribution in [2.75, 3.05) is 19.5 Å². The van der Waals surface area contributed by atoms with Gasteiger partial charge in [-0.1, -0.05) is 54.6 Å². The van der Waals surface area contributed by atoms with Crippen molar-refractivity contribution in [2.45, 2.75) is 5.54 Å². The van der Waals surface area contributed by atoms with Crippen LogP contribution in [0.4, 0.5) is 5.95 Å². The van der Waals surface area contributed by atoms with E-state index in [0.717, 1.165) is 28.2 Å². The van der Waals surface area contributed by atoms with Crippen molar-refractivity contribution in [3.05, 3.63) is 112 Å². The first kappa shape index (κ1) is 21.3. The third kappa shape index (κ3) is 3.65. The molecule has 0 unspecified atom stereocenters. The molecule has 0 aliphatic rings. The molecule has 3 N–H and O–H groups in total. The van der Waals surface area contributed by atoms with E-state index in [1.54, 1.807) is 14.2 Å². The molecule has 2 aromatic heterocycles. The highest BCUT2D eigenvalue weighted by atomic mass is 16.5. The van der Waals surface area contributed by atoms with Crippen LogP contribution in [-0.4, -0.2) is 34.2 Å². The maximum Gasteiger partial charge on any atom is 0.278 e. The largest absolute Gasteiger partial charge is 0.497 e. The molecular weight excluding hydrogens is 430 g/mol. The summed E-state index contributed by atoms with van der Waals surface area (Å²) < 4.78 is 10.8. The van der Waals surface area contributed by atoms with Gasteiger partial charge in [-0.25, -0.2) is 4.98 Å². The fraction of sp³-hybridized carbons (Fsp3) is 0.115. The molecule has 8 heteroatoms. The van der Waals surface area contributed by atoms with Crippen molar-refractivity contribution in [1.29, 1.82) is 0 Å². The lowest BCUT2D eigenvalue weighted by Crippen LogP contribution is -2.39. The van der Waals surface area contributed by atoms with Crippen LogP contribution in [0.2, 0.25) is 0 Å². The Bertz CT molecular complexity index is 1410. The smallest absolute Gasteiger partial charge is 0.278 e. The Kier molecular flexibility index (Phi) is 5.47. The van der Waals surface area contributed by atoms with E-state index < -0.39 is 5.54 Å². The molecule has 0 aliphatic carbocycles. The summed E-state index contributed by atoms with van der Waals surface area (Å²) in [5, 5.41) is 3.54. The molecule has 2 heterocycles. The Morgan fingerprint density at radius 1 is 0.794 bits per heavy atom. The minimum Gasteiger partial charge on any atom is -0.497 e. The molecule has 0 radical (unpaired) electrons. The molecular formula is C26H23N5O3. The summed E-state index contributed by atoms with van der Waals surface area (Å²) in [6.45, 7) is 0. The maximum atomic E-state index is 12.7. The van der Waals surface area contributed by atoms with Gasteiger partial charge < -0.3 is 19.8 Å². The minimum atomic E-state index is -0.903. The number of aromatic amines is 2. The summed E-state index contributed by atoms with van der Waals surface area (Å²) in [5.74, 6) is 1.77. The Balaban J connectivity index is 1.78. The molecule has 170 valence electrons. The Morgan fingerprint density at radius 3 is 1.91 bits per heavy atom. The average molecular weight is 454 g/mol. The lowest BCUT2D eigenvalue weighted by atomic mass is 9.77. The van der Waals surface area contributed by atoms with Crippen LogP contribution in [0.15, 0.2) is 90.0 Å². The van der Waals surface area contributed by atoms with Crippen LogP contribution >= 0.6 is 0 Å². The summed E-state index contributed by atoms with van der Waals surface area (Å²) >= 11 is 0. The number of hydrogen-bond donors (Lipinski definition) is 3. The standard InChI is InChI=1S/C26H23N5O3/c1-33-20-12-8-18(9-13-20)26(17-6-4-3-5-7-17,19-10-14-21(34-2)15-11-19)31-25-29-23-22(24(32)30-25)27-16-28-23/h3-16H,1-2H3,(H3,27,28,29,30,31,32). The van der Waals surface area contributed by atoms with Crippen LogP contribution in [0.1, 0.15) is 16.7 Å².